The molecule has 0 radical (unpaired) electrons. The smallest absolute Gasteiger partial charge is 0.265 e. The molecule has 0 aromatic carbocycles. The van der Waals surface area contributed by atoms with Crippen LogP contribution >= 0.6 is 11.8 Å². The summed E-state index contributed by atoms with van der Waals surface area (Å²) in [6, 6.07) is 0. The highest BCUT2D eigenvalue weighted by atomic mass is 32.2. The number of aliphatic hydroxyl groups excluding tert-OH is 2. The zero-order chi connectivity index (χ0) is 18.2. The van der Waals surface area contributed by atoms with Crippen LogP contribution in [0, 0.1) is 0 Å². The number of aromatic nitrogens is 4. The van der Waals surface area contributed by atoms with Gasteiger partial charge in [-0.05, 0) is 0 Å². The standard InChI is InChI=1S/C12H17N5O6S2/c13-10-7-11(15-4-14-10)17(5-16-7)12-9(19)8(18)6(23-12)3-24-1-2-25(20,21)22/h4-6,8-9,12,18-19H,1-3H2,(H2,13,14,15)(H,20,21,22)/t6-,8-,9-,12-/m1/s1. The van der Waals surface area contributed by atoms with E-state index in [1.54, 1.807) is 0 Å². The molecule has 0 bridgehead atoms. The Morgan fingerprint density at radius 2 is 2.04 bits per heavy atom. The van der Waals surface area contributed by atoms with Crippen LogP contribution in [0.1, 0.15) is 6.23 Å². The van der Waals surface area contributed by atoms with E-state index in [0.29, 0.717) is 11.2 Å². The van der Waals surface area contributed by atoms with Gasteiger partial charge in [-0.15, -0.1) is 0 Å². The van der Waals surface area contributed by atoms with Crippen molar-refractivity contribution in [3.8, 4) is 0 Å². The summed E-state index contributed by atoms with van der Waals surface area (Å²) < 4.78 is 37.2. The lowest BCUT2D eigenvalue weighted by Gasteiger charge is -2.16. The topological polar surface area (TPSA) is 174 Å². The van der Waals surface area contributed by atoms with Crippen LogP contribution in [0.3, 0.4) is 0 Å². The van der Waals surface area contributed by atoms with E-state index in [9.17, 15) is 18.6 Å². The number of nitrogens with two attached hydrogens (primary N) is 1. The first-order chi connectivity index (χ1) is 11.8. The Bertz CT molecular complexity index is 859. The van der Waals surface area contributed by atoms with Gasteiger partial charge in [0.25, 0.3) is 10.1 Å². The maximum absolute atomic E-state index is 10.7. The summed E-state index contributed by atoms with van der Waals surface area (Å²) in [6.45, 7) is 0. The minimum atomic E-state index is -4.03. The molecule has 25 heavy (non-hydrogen) atoms. The first-order valence-electron chi connectivity index (χ1n) is 7.25. The molecule has 0 amide bonds. The van der Waals surface area contributed by atoms with Crippen LogP contribution in [0.2, 0.25) is 0 Å². The second-order valence-corrected chi connectivity index (χ2v) is 8.21. The molecule has 11 nitrogen and oxygen atoms in total. The summed E-state index contributed by atoms with van der Waals surface area (Å²) >= 11 is 1.18. The molecule has 1 saturated heterocycles. The lowest BCUT2D eigenvalue weighted by Crippen LogP contribution is -2.32. The zero-order valence-electron chi connectivity index (χ0n) is 12.8. The normalized spacial score (nSPS) is 27.2. The number of hydrogen-bond acceptors (Lipinski definition) is 10. The van der Waals surface area contributed by atoms with Crippen LogP contribution < -0.4 is 5.73 Å². The van der Waals surface area contributed by atoms with Gasteiger partial charge >= 0.3 is 0 Å². The quantitative estimate of drug-likeness (QED) is 0.338. The van der Waals surface area contributed by atoms with Crippen molar-refractivity contribution >= 4 is 38.9 Å². The van der Waals surface area contributed by atoms with E-state index in [-0.39, 0.29) is 17.3 Å². The summed E-state index contributed by atoms with van der Waals surface area (Å²) in [5.41, 5.74) is 6.45. The minimum Gasteiger partial charge on any atom is -0.387 e. The Morgan fingerprint density at radius 3 is 2.76 bits per heavy atom. The highest BCUT2D eigenvalue weighted by Crippen LogP contribution is 2.33. The fourth-order valence-corrected chi connectivity index (χ4v) is 4.51. The van der Waals surface area contributed by atoms with Crippen LogP contribution in [0.4, 0.5) is 5.82 Å². The fourth-order valence-electron chi connectivity index (χ4n) is 2.52. The molecular weight excluding hydrogens is 374 g/mol. The third-order valence-corrected chi connectivity index (χ3v) is 5.80. The van der Waals surface area contributed by atoms with E-state index in [1.807, 2.05) is 0 Å². The van der Waals surface area contributed by atoms with Crippen molar-refractivity contribution in [1.82, 2.24) is 19.5 Å². The van der Waals surface area contributed by atoms with E-state index in [4.69, 9.17) is 15.0 Å². The van der Waals surface area contributed by atoms with E-state index >= 15 is 0 Å². The second kappa shape index (κ2) is 7.01. The van der Waals surface area contributed by atoms with Crippen LogP contribution in [0.25, 0.3) is 11.2 Å². The number of aliphatic hydroxyl groups is 2. The van der Waals surface area contributed by atoms with Gasteiger partial charge in [0.15, 0.2) is 17.7 Å². The molecule has 1 fully saturated rings. The minimum absolute atomic E-state index is 0.143. The molecule has 2 aromatic rings. The maximum Gasteiger partial charge on any atom is 0.265 e. The second-order valence-electron chi connectivity index (χ2n) is 5.49. The molecule has 4 atom stereocenters. The van der Waals surface area contributed by atoms with Crippen LogP contribution in [0.15, 0.2) is 12.7 Å². The van der Waals surface area contributed by atoms with Gasteiger partial charge in [-0.1, -0.05) is 0 Å². The van der Waals surface area contributed by atoms with Gasteiger partial charge in [0, 0.05) is 11.5 Å². The molecule has 3 heterocycles. The van der Waals surface area contributed by atoms with Crippen LogP contribution in [-0.4, -0.2) is 78.3 Å². The zero-order valence-corrected chi connectivity index (χ0v) is 14.5. The van der Waals surface area contributed by atoms with Gasteiger partial charge in [-0.25, -0.2) is 15.0 Å². The highest BCUT2D eigenvalue weighted by Gasteiger charge is 2.44. The Hall–Kier alpha value is -1.51. The number of rotatable bonds is 6. The van der Waals surface area contributed by atoms with Gasteiger partial charge in [0.05, 0.1) is 18.2 Å². The summed E-state index contributed by atoms with van der Waals surface area (Å²) in [5.74, 6) is 0.182. The van der Waals surface area contributed by atoms with E-state index in [0.717, 1.165) is 0 Å². The molecule has 0 spiro atoms. The summed E-state index contributed by atoms with van der Waals surface area (Å²) in [6.07, 6.45) is -1.37. The summed E-state index contributed by atoms with van der Waals surface area (Å²) in [4.78, 5) is 12.0. The molecule has 2 aromatic heterocycles. The number of nitrogen functional groups attached to an aromatic ring is 1. The fraction of sp³-hybridized carbons (Fsp3) is 0.583. The third kappa shape index (κ3) is 3.86. The van der Waals surface area contributed by atoms with Gasteiger partial charge in [-0.3, -0.25) is 9.12 Å². The van der Waals surface area contributed by atoms with E-state index < -0.39 is 40.4 Å². The monoisotopic (exact) mass is 391 g/mol. The largest absolute Gasteiger partial charge is 0.387 e. The van der Waals surface area contributed by atoms with E-state index in [1.165, 1.54) is 29.0 Å². The van der Waals surface area contributed by atoms with Crippen molar-refractivity contribution in [2.45, 2.75) is 24.5 Å². The van der Waals surface area contributed by atoms with Gasteiger partial charge in [-0.2, -0.15) is 20.2 Å². The number of fused-ring (bicyclic) bond motifs is 1. The molecule has 1 aliphatic rings. The third-order valence-electron chi connectivity index (χ3n) is 3.77. The molecule has 5 N–H and O–H groups in total. The molecule has 3 rings (SSSR count). The molecular formula is C12H17N5O6S2. The van der Waals surface area contributed by atoms with Crippen LogP contribution in [-0.2, 0) is 14.9 Å². The average Bonchev–Trinajstić information content (AvgIpc) is 3.08. The van der Waals surface area contributed by atoms with Crippen molar-refractivity contribution in [2.24, 2.45) is 0 Å². The molecule has 1 aliphatic heterocycles. The predicted octanol–water partition coefficient (Wildman–Crippen LogP) is -1.35. The van der Waals surface area contributed by atoms with Crippen molar-refractivity contribution in [2.75, 3.05) is 23.0 Å². The molecule has 138 valence electrons. The molecule has 0 unspecified atom stereocenters. The van der Waals surface area contributed by atoms with Crippen molar-refractivity contribution in [3.05, 3.63) is 12.7 Å². The lowest BCUT2D eigenvalue weighted by molar-refractivity contribution is -0.0288. The van der Waals surface area contributed by atoms with Gasteiger partial charge in [0.2, 0.25) is 0 Å². The first-order valence-corrected chi connectivity index (χ1v) is 10.0. The Balaban J connectivity index is 1.70. The highest BCUT2D eigenvalue weighted by molar-refractivity contribution is 8.00. The lowest BCUT2D eigenvalue weighted by atomic mass is 10.1. The number of hydrogen-bond donors (Lipinski definition) is 4. The first kappa shape index (κ1) is 18.3. The maximum atomic E-state index is 10.7. The van der Waals surface area contributed by atoms with Crippen LogP contribution in [0.5, 0.6) is 0 Å². The van der Waals surface area contributed by atoms with Crippen molar-refractivity contribution in [1.29, 1.82) is 0 Å². The van der Waals surface area contributed by atoms with Crippen molar-refractivity contribution in [3.63, 3.8) is 0 Å². The Labute approximate surface area is 147 Å². The molecule has 0 saturated carbocycles. The van der Waals surface area contributed by atoms with Gasteiger partial charge in [0.1, 0.15) is 24.1 Å². The summed E-state index contributed by atoms with van der Waals surface area (Å²) in [5, 5.41) is 20.4. The number of imidazole rings is 1. The van der Waals surface area contributed by atoms with E-state index in [2.05, 4.69) is 15.0 Å². The molecule has 13 heteroatoms. The number of thioether (sulfide) groups is 1. The van der Waals surface area contributed by atoms with Gasteiger partial charge < -0.3 is 20.7 Å². The summed E-state index contributed by atoms with van der Waals surface area (Å²) in [7, 11) is -4.03. The average molecular weight is 391 g/mol. The SMILES string of the molecule is Nc1ncnc2c1ncn2[C@@H]1O[C@H](CSCCS(=O)(=O)O)[C@@H](O)[C@H]1O. The Morgan fingerprint density at radius 1 is 1.28 bits per heavy atom. The van der Waals surface area contributed by atoms with Crippen molar-refractivity contribution < 1.29 is 27.9 Å². The number of anilines is 1. The Kier molecular flexibility index (Phi) is 5.13. The predicted molar refractivity (Wildman–Crippen MR) is 89.4 cm³/mol. The molecule has 0 aliphatic carbocycles. The number of nitrogens with zero attached hydrogens (tertiary/aromatic N) is 4. The number of ether oxygens (including phenoxy) is 1.